The van der Waals surface area contributed by atoms with Crippen molar-refractivity contribution in [2.75, 3.05) is 0 Å². The molecule has 0 bridgehead atoms. The Kier molecular flexibility index (Phi) is 4.75. The molecule has 0 aromatic heterocycles. The van der Waals surface area contributed by atoms with Gasteiger partial charge >= 0.3 is 5.97 Å². The number of hydrogen-bond donors (Lipinski definition) is 2. The van der Waals surface area contributed by atoms with Crippen LogP contribution in [0.15, 0.2) is 24.3 Å². The van der Waals surface area contributed by atoms with Crippen LogP contribution >= 0.6 is 0 Å². The van der Waals surface area contributed by atoms with E-state index in [-0.39, 0.29) is 6.42 Å². The van der Waals surface area contributed by atoms with Gasteiger partial charge < -0.3 is 10.8 Å². The minimum atomic E-state index is -0.806. The van der Waals surface area contributed by atoms with Crippen LogP contribution in [-0.4, -0.2) is 16.6 Å². The Morgan fingerprint density at radius 1 is 1.21 bits per heavy atom. The summed E-state index contributed by atoms with van der Waals surface area (Å²) in [6.07, 6.45) is 1.73. The molecular formula is C16H25NO2. The lowest BCUT2D eigenvalue weighted by molar-refractivity contribution is -0.139. The van der Waals surface area contributed by atoms with Crippen LogP contribution in [0.5, 0.6) is 0 Å². The second kappa shape index (κ2) is 5.74. The predicted octanol–water partition coefficient (Wildman–Crippen LogP) is 3.11. The maximum Gasteiger partial charge on any atom is 0.304 e. The molecule has 1 rings (SSSR count). The predicted molar refractivity (Wildman–Crippen MR) is 78.3 cm³/mol. The SMILES string of the molecule is CCc1ccc(C(CC)(CC(=O)O)C(C)(C)N)cc1. The van der Waals surface area contributed by atoms with E-state index >= 15 is 0 Å². The third kappa shape index (κ3) is 3.16. The number of aryl methyl sites for hydroxylation is 1. The van der Waals surface area contributed by atoms with Crippen molar-refractivity contribution in [2.45, 2.75) is 57.9 Å². The van der Waals surface area contributed by atoms with Gasteiger partial charge in [-0.15, -0.1) is 0 Å². The van der Waals surface area contributed by atoms with Crippen molar-refractivity contribution in [1.29, 1.82) is 0 Å². The van der Waals surface area contributed by atoms with Crippen LogP contribution in [0.4, 0.5) is 0 Å². The standard InChI is InChI=1S/C16H25NO2/c1-5-12-7-9-13(10-8-12)16(6-2,11-14(18)19)15(3,4)17/h7-10H,5-6,11,17H2,1-4H3,(H,18,19). The van der Waals surface area contributed by atoms with Crippen LogP contribution < -0.4 is 5.73 Å². The van der Waals surface area contributed by atoms with Crippen molar-refractivity contribution in [2.24, 2.45) is 5.73 Å². The minimum Gasteiger partial charge on any atom is -0.481 e. The van der Waals surface area contributed by atoms with Gasteiger partial charge in [-0.1, -0.05) is 38.1 Å². The zero-order chi connectivity index (χ0) is 14.7. The Bertz CT molecular complexity index is 431. The van der Waals surface area contributed by atoms with E-state index in [0.29, 0.717) is 6.42 Å². The molecule has 0 spiro atoms. The molecule has 1 unspecified atom stereocenters. The summed E-state index contributed by atoms with van der Waals surface area (Å²) in [6, 6.07) is 8.18. The molecule has 1 aromatic rings. The van der Waals surface area contributed by atoms with Crippen LogP contribution in [0.3, 0.4) is 0 Å². The first-order chi connectivity index (χ1) is 8.76. The summed E-state index contributed by atoms with van der Waals surface area (Å²) in [5.74, 6) is -0.806. The second-order valence-electron chi connectivity index (χ2n) is 5.78. The number of nitrogens with two attached hydrogens (primary N) is 1. The number of benzene rings is 1. The van der Waals surface area contributed by atoms with E-state index in [0.717, 1.165) is 12.0 Å². The Balaban J connectivity index is 3.32. The molecule has 0 aliphatic rings. The van der Waals surface area contributed by atoms with Crippen molar-refractivity contribution in [3.05, 3.63) is 35.4 Å². The second-order valence-corrected chi connectivity index (χ2v) is 5.78. The quantitative estimate of drug-likeness (QED) is 0.829. The van der Waals surface area contributed by atoms with E-state index in [1.54, 1.807) is 0 Å². The maximum atomic E-state index is 11.3. The molecule has 0 heterocycles. The molecule has 19 heavy (non-hydrogen) atoms. The zero-order valence-electron chi connectivity index (χ0n) is 12.4. The number of carboxylic acid groups (broad SMARTS) is 1. The molecule has 0 aliphatic carbocycles. The van der Waals surface area contributed by atoms with Gasteiger partial charge in [0.1, 0.15) is 0 Å². The highest BCUT2D eigenvalue weighted by atomic mass is 16.4. The average Bonchev–Trinajstić information content (AvgIpc) is 2.34. The number of carboxylic acids is 1. The van der Waals surface area contributed by atoms with Gasteiger partial charge in [0.25, 0.3) is 0 Å². The summed E-state index contributed by atoms with van der Waals surface area (Å²) in [5, 5.41) is 9.25. The van der Waals surface area contributed by atoms with Crippen LogP contribution in [-0.2, 0) is 16.6 Å². The number of carbonyl (C=O) groups is 1. The summed E-state index contributed by atoms with van der Waals surface area (Å²) in [4.78, 5) is 11.3. The van der Waals surface area contributed by atoms with Gasteiger partial charge in [-0.3, -0.25) is 4.79 Å². The van der Waals surface area contributed by atoms with Gasteiger partial charge in [0.15, 0.2) is 0 Å². The molecule has 3 nitrogen and oxygen atoms in total. The van der Waals surface area contributed by atoms with Gasteiger partial charge in [0, 0.05) is 11.0 Å². The highest BCUT2D eigenvalue weighted by Crippen LogP contribution is 2.40. The molecule has 0 fully saturated rings. The van der Waals surface area contributed by atoms with E-state index in [9.17, 15) is 9.90 Å². The molecule has 3 heteroatoms. The largest absolute Gasteiger partial charge is 0.481 e. The van der Waals surface area contributed by atoms with Crippen LogP contribution in [0, 0.1) is 0 Å². The van der Waals surface area contributed by atoms with E-state index in [1.807, 2.05) is 32.9 Å². The van der Waals surface area contributed by atoms with Crippen LogP contribution in [0.2, 0.25) is 0 Å². The lowest BCUT2D eigenvalue weighted by Crippen LogP contribution is -2.54. The molecule has 1 aromatic carbocycles. The number of aliphatic carboxylic acids is 1. The first kappa shape index (κ1) is 15.7. The highest BCUT2D eigenvalue weighted by Gasteiger charge is 2.44. The Labute approximate surface area is 115 Å². The molecule has 0 radical (unpaired) electrons. The average molecular weight is 263 g/mol. The smallest absolute Gasteiger partial charge is 0.304 e. The van der Waals surface area contributed by atoms with Gasteiger partial charge in [0.05, 0.1) is 6.42 Å². The van der Waals surface area contributed by atoms with E-state index in [1.165, 1.54) is 5.56 Å². The fourth-order valence-corrected chi connectivity index (χ4v) is 2.80. The maximum absolute atomic E-state index is 11.3. The zero-order valence-corrected chi connectivity index (χ0v) is 12.4. The van der Waals surface area contributed by atoms with Crippen molar-refractivity contribution in [3.8, 4) is 0 Å². The third-order valence-corrected chi connectivity index (χ3v) is 4.20. The van der Waals surface area contributed by atoms with Crippen molar-refractivity contribution in [3.63, 3.8) is 0 Å². The van der Waals surface area contributed by atoms with Crippen molar-refractivity contribution >= 4 is 5.97 Å². The summed E-state index contributed by atoms with van der Waals surface area (Å²) in [7, 11) is 0. The summed E-state index contributed by atoms with van der Waals surface area (Å²) < 4.78 is 0. The Morgan fingerprint density at radius 2 is 1.74 bits per heavy atom. The van der Waals surface area contributed by atoms with Crippen LogP contribution in [0.1, 0.15) is 51.7 Å². The van der Waals surface area contributed by atoms with Crippen molar-refractivity contribution in [1.82, 2.24) is 0 Å². The van der Waals surface area contributed by atoms with E-state index in [2.05, 4.69) is 19.1 Å². The summed E-state index contributed by atoms with van der Waals surface area (Å²) in [6.45, 7) is 7.93. The molecule has 0 aliphatic heterocycles. The minimum absolute atomic E-state index is 0.0540. The van der Waals surface area contributed by atoms with Gasteiger partial charge in [-0.2, -0.15) is 0 Å². The van der Waals surface area contributed by atoms with Gasteiger partial charge in [-0.05, 0) is 37.8 Å². The lowest BCUT2D eigenvalue weighted by Gasteiger charge is -2.44. The fourth-order valence-electron chi connectivity index (χ4n) is 2.80. The monoisotopic (exact) mass is 263 g/mol. The molecule has 0 saturated carbocycles. The third-order valence-electron chi connectivity index (χ3n) is 4.20. The van der Waals surface area contributed by atoms with Gasteiger partial charge in [0.2, 0.25) is 0 Å². The fraction of sp³-hybridized carbons (Fsp3) is 0.562. The molecule has 1 atom stereocenters. The molecular weight excluding hydrogens is 238 g/mol. The molecule has 106 valence electrons. The van der Waals surface area contributed by atoms with Gasteiger partial charge in [-0.25, -0.2) is 0 Å². The summed E-state index contributed by atoms with van der Waals surface area (Å²) >= 11 is 0. The van der Waals surface area contributed by atoms with E-state index < -0.39 is 16.9 Å². The first-order valence-electron chi connectivity index (χ1n) is 6.87. The summed E-state index contributed by atoms with van der Waals surface area (Å²) in [5.41, 5.74) is 7.45. The highest BCUT2D eigenvalue weighted by molar-refractivity contribution is 5.69. The van der Waals surface area contributed by atoms with E-state index in [4.69, 9.17) is 5.73 Å². The Morgan fingerprint density at radius 3 is 2.05 bits per heavy atom. The molecule has 0 saturated heterocycles. The number of hydrogen-bond acceptors (Lipinski definition) is 2. The topological polar surface area (TPSA) is 63.3 Å². The Hall–Kier alpha value is -1.35. The number of rotatable bonds is 6. The molecule has 3 N–H and O–H groups in total. The lowest BCUT2D eigenvalue weighted by atomic mass is 9.63. The van der Waals surface area contributed by atoms with Crippen molar-refractivity contribution < 1.29 is 9.90 Å². The normalized spacial score (nSPS) is 15.0. The van der Waals surface area contributed by atoms with Crippen LogP contribution in [0.25, 0.3) is 0 Å². The molecule has 0 amide bonds. The first-order valence-corrected chi connectivity index (χ1v) is 6.87.